The highest BCUT2D eigenvalue weighted by Crippen LogP contribution is 2.34. The zero-order valence-corrected chi connectivity index (χ0v) is 24.7. The topological polar surface area (TPSA) is 99.2 Å². The van der Waals surface area contributed by atoms with E-state index in [9.17, 15) is 18.0 Å². The summed E-state index contributed by atoms with van der Waals surface area (Å²) in [6.45, 7) is 4.46. The van der Waals surface area contributed by atoms with E-state index >= 15 is 0 Å². The molecule has 226 valence electrons. The van der Waals surface area contributed by atoms with E-state index in [1.54, 1.807) is 42.9 Å². The van der Waals surface area contributed by atoms with Crippen LogP contribution < -0.4 is 10.6 Å². The second kappa shape index (κ2) is 13.4. The molecule has 0 aliphatic carbocycles. The van der Waals surface area contributed by atoms with Gasteiger partial charge in [0.25, 0.3) is 5.91 Å². The highest BCUT2D eigenvalue weighted by Gasteiger charge is 2.36. The van der Waals surface area contributed by atoms with Crippen LogP contribution in [0.4, 0.5) is 30.5 Å². The monoisotopic (exact) mass is 612 g/mol. The lowest BCUT2D eigenvalue weighted by Crippen LogP contribution is -2.49. The molecule has 9 nitrogen and oxygen atoms in total. The number of nitrogens with one attached hydrogen (secondary N) is 2. The first-order valence-electron chi connectivity index (χ1n) is 13.4. The number of carbonyl (C=O) groups excluding carboxylic acids is 1. The Balaban J connectivity index is 0.00000423. The SMILES string of the molecule is Cc1ccc(NC(=O)c2ccc(CN3CC(CN(C)C)C3)c(C(F)(F)F)c2)cc1Nc1nccc(-c2cncnc2)n1.Cl. The molecule has 43 heavy (non-hydrogen) atoms. The number of benzene rings is 2. The van der Waals surface area contributed by atoms with Crippen LogP contribution in [-0.2, 0) is 12.7 Å². The van der Waals surface area contributed by atoms with E-state index in [1.165, 1.54) is 18.5 Å². The zero-order chi connectivity index (χ0) is 29.9. The Bertz CT molecular complexity index is 1560. The molecule has 0 spiro atoms. The third-order valence-electron chi connectivity index (χ3n) is 6.98. The summed E-state index contributed by atoms with van der Waals surface area (Å²) in [5.41, 5.74) is 2.54. The molecule has 13 heteroatoms. The molecule has 2 aromatic carbocycles. The Morgan fingerprint density at radius 3 is 2.51 bits per heavy atom. The van der Waals surface area contributed by atoms with Crippen LogP contribution in [0.5, 0.6) is 0 Å². The van der Waals surface area contributed by atoms with Gasteiger partial charge in [-0.2, -0.15) is 13.2 Å². The smallest absolute Gasteiger partial charge is 0.324 e. The van der Waals surface area contributed by atoms with Crippen LogP contribution in [0.15, 0.2) is 67.4 Å². The van der Waals surface area contributed by atoms with E-state index < -0.39 is 17.6 Å². The number of hydrogen-bond acceptors (Lipinski definition) is 8. The van der Waals surface area contributed by atoms with Crippen molar-refractivity contribution in [2.75, 3.05) is 44.4 Å². The number of carbonyl (C=O) groups is 1. The van der Waals surface area contributed by atoms with E-state index in [-0.39, 0.29) is 30.1 Å². The first-order chi connectivity index (χ1) is 20.0. The number of aromatic nitrogens is 4. The maximum atomic E-state index is 14.0. The molecule has 5 rings (SSSR count). The summed E-state index contributed by atoms with van der Waals surface area (Å²) in [7, 11) is 3.97. The van der Waals surface area contributed by atoms with Crippen molar-refractivity contribution >= 4 is 35.6 Å². The molecule has 0 bridgehead atoms. The van der Waals surface area contributed by atoms with Gasteiger partial charge in [-0.05, 0) is 68.4 Å². The Labute approximate surface area is 254 Å². The van der Waals surface area contributed by atoms with Crippen LogP contribution in [0, 0.1) is 12.8 Å². The number of alkyl halides is 3. The standard InChI is InChI=1S/C30H31F3N8O.ClH/c1-19-4-7-24(11-27(19)39-29-36-9-8-26(38-29)23-12-34-18-35-13-23)37-28(42)21-5-6-22(25(10-21)30(31,32)33)17-41-15-20(16-41)14-40(2)3;/h4-13,18,20H,14-17H2,1-3H3,(H,37,42)(H,36,38,39);1H. The van der Waals surface area contributed by atoms with Crippen molar-refractivity contribution < 1.29 is 18.0 Å². The summed E-state index contributed by atoms with van der Waals surface area (Å²) in [6, 6.07) is 10.7. The molecule has 1 fully saturated rings. The number of anilines is 3. The lowest BCUT2D eigenvalue weighted by molar-refractivity contribution is -0.138. The van der Waals surface area contributed by atoms with Gasteiger partial charge in [0.2, 0.25) is 5.95 Å². The summed E-state index contributed by atoms with van der Waals surface area (Å²) in [5.74, 6) is 0.130. The number of rotatable bonds is 9. The lowest BCUT2D eigenvalue weighted by Gasteiger charge is -2.41. The van der Waals surface area contributed by atoms with E-state index in [4.69, 9.17) is 0 Å². The highest BCUT2D eigenvalue weighted by atomic mass is 35.5. The Morgan fingerprint density at radius 2 is 1.81 bits per heavy atom. The molecule has 1 amide bonds. The Kier molecular flexibility index (Phi) is 9.95. The largest absolute Gasteiger partial charge is 0.416 e. The Hall–Kier alpha value is -4.13. The molecule has 1 saturated heterocycles. The molecular formula is C30H32ClF3N8O. The maximum Gasteiger partial charge on any atom is 0.416 e. The van der Waals surface area contributed by atoms with Gasteiger partial charge in [-0.3, -0.25) is 9.69 Å². The van der Waals surface area contributed by atoms with Crippen LogP contribution >= 0.6 is 12.4 Å². The van der Waals surface area contributed by atoms with Gasteiger partial charge in [-0.25, -0.2) is 19.9 Å². The number of likely N-dealkylation sites (tertiary alicyclic amines) is 1. The minimum Gasteiger partial charge on any atom is -0.324 e. The van der Waals surface area contributed by atoms with E-state index in [2.05, 4.69) is 35.5 Å². The fourth-order valence-electron chi connectivity index (χ4n) is 4.97. The van der Waals surface area contributed by atoms with Gasteiger partial charge < -0.3 is 15.5 Å². The van der Waals surface area contributed by atoms with Gasteiger partial charge in [0.15, 0.2) is 0 Å². The molecule has 1 aliphatic rings. The zero-order valence-electron chi connectivity index (χ0n) is 23.9. The normalized spacial score (nSPS) is 13.7. The van der Waals surface area contributed by atoms with Crippen LogP contribution in [-0.4, -0.2) is 69.4 Å². The molecule has 0 unspecified atom stereocenters. The fourth-order valence-corrected chi connectivity index (χ4v) is 4.97. The molecule has 2 N–H and O–H groups in total. The lowest BCUT2D eigenvalue weighted by atomic mass is 9.96. The van der Waals surface area contributed by atoms with Crippen LogP contribution in [0.3, 0.4) is 0 Å². The molecule has 0 saturated carbocycles. The van der Waals surface area contributed by atoms with E-state index in [1.807, 2.05) is 25.9 Å². The van der Waals surface area contributed by atoms with Gasteiger partial charge in [0, 0.05) is 67.3 Å². The van der Waals surface area contributed by atoms with Crippen molar-refractivity contribution in [3.05, 3.63) is 89.6 Å². The van der Waals surface area contributed by atoms with Crippen LogP contribution in [0.25, 0.3) is 11.3 Å². The average Bonchev–Trinajstić information content (AvgIpc) is 2.93. The molecule has 0 radical (unpaired) electrons. The van der Waals surface area contributed by atoms with Gasteiger partial charge in [-0.15, -0.1) is 12.4 Å². The van der Waals surface area contributed by atoms with Gasteiger partial charge in [0.05, 0.1) is 11.3 Å². The number of nitrogens with zero attached hydrogens (tertiary/aromatic N) is 6. The third-order valence-corrected chi connectivity index (χ3v) is 6.98. The van der Waals surface area contributed by atoms with Crippen molar-refractivity contribution in [1.82, 2.24) is 29.7 Å². The predicted octanol–water partition coefficient (Wildman–Crippen LogP) is 5.67. The van der Waals surface area contributed by atoms with Crippen molar-refractivity contribution in [3.63, 3.8) is 0 Å². The van der Waals surface area contributed by atoms with E-state index in [0.717, 1.165) is 36.8 Å². The van der Waals surface area contributed by atoms with E-state index in [0.29, 0.717) is 28.9 Å². The summed E-state index contributed by atoms with van der Waals surface area (Å²) in [5, 5.41) is 5.86. The molecule has 4 aromatic rings. The summed E-state index contributed by atoms with van der Waals surface area (Å²) in [4.78, 5) is 33.9. The third kappa shape index (κ3) is 8.04. The number of aryl methyl sites for hydroxylation is 1. The highest BCUT2D eigenvalue weighted by molar-refractivity contribution is 6.04. The first kappa shape index (κ1) is 31.8. The average molecular weight is 613 g/mol. The summed E-state index contributed by atoms with van der Waals surface area (Å²) < 4.78 is 42.0. The minimum absolute atomic E-state index is 0. The number of hydrogen-bond donors (Lipinski definition) is 2. The molecule has 0 atom stereocenters. The predicted molar refractivity (Wildman–Crippen MR) is 161 cm³/mol. The summed E-state index contributed by atoms with van der Waals surface area (Å²) in [6.07, 6.45) is 1.74. The quantitative estimate of drug-likeness (QED) is 0.249. The fraction of sp³-hybridized carbons (Fsp3) is 0.300. The molecule has 3 heterocycles. The van der Waals surface area contributed by atoms with Crippen molar-refractivity contribution in [2.24, 2.45) is 5.92 Å². The first-order valence-corrected chi connectivity index (χ1v) is 13.4. The number of halogens is 4. The van der Waals surface area contributed by atoms with Crippen molar-refractivity contribution in [2.45, 2.75) is 19.6 Å². The Morgan fingerprint density at radius 1 is 1.07 bits per heavy atom. The minimum atomic E-state index is -4.58. The second-order valence-electron chi connectivity index (χ2n) is 10.7. The van der Waals surface area contributed by atoms with Crippen molar-refractivity contribution in [1.29, 1.82) is 0 Å². The van der Waals surface area contributed by atoms with Gasteiger partial charge in [-0.1, -0.05) is 12.1 Å². The van der Waals surface area contributed by atoms with Gasteiger partial charge in [0.1, 0.15) is 6.33 Å². The van der Waals surface area contributed by atoms with Crippen LogP contribution in [0.2, 0.25) is 0 Å². The van der Waals surface area contributed by atoms with Gasteiger partial charge >= 0.3 is 6.18 Å². The van der Waals surface area contributed by atoms with Crippen LogP contribution in [0.1, 0.15) is 27.0 Å². The van der Waals surface area contributed by atoms with Crippen molar-refractivity contribution in [3.8, 4) is 11.3 Å². The molecule has 2 aromatic heterocycles. The second-order valence-corrected chi connectivity index (χ2v) is 10.7. The molecular weight excluding hydrogens is 581 g/mol. The summed E-state index contributed by atoms with van der Waals surface area (Å²) >= 11 is 0. The molecule has 1 aliphatic heterocycles. The number of amides is 1. The maximum absolute atomic E-state index is 14.0.